The third-order valence-electron chi connectivity index (χ3n) is 1.78. The highest BCUT2D eigenvalue weighted by molar-refractivity contribution is 5.99. The number of benzene rings is 1. The molecule has 1 N–H and O–H groups in total. The number of carbonyl (C=O) groups is 2. The van der Waals surface area contributed by atoms with Crippen LogP contribution in [0.3, 0.4) is 0 Å². The van der Waals surface area contributed by atoms with Crippen LogP contribution in [-0.4, -0.2) is 22.1 Å². The average molecular weight is 225 g/mol. The highest BCUT2D eigenvalue weighted by atomic mass is 17.0. The number of carboxylic acid groups (broad SMARTS) is 1. The van der Waals surface area contributed by atoms with Crippen LogP contribution in [0.5, 0.6) is 0 Å². The van der Waals surface area contributed by atoms with Crippen molar-refractivity contribution in [2.45, 2.75) is 5.92 Å². The summed E-state index contributed by atoms with van der Waals surface area (Å²) in [6.45, 7) is 0. The van der Waals surface area contributed by atoms with Crippen LogP contribution in [0.1, 0.15) is 11.5 Å². The van der Waals surface area contributed by atoms with Crippen LogP contribution in [0.4, 0.5) is 0 Å². The molecule has 0 heterocycles. The lowest BCUT2D eigenvalue weighted by atomic mass is 10.00. The van der Waals surface area contributed by atoms with Gasteiger partial charge in [-0.3, -0.25) is 9.59 Å². The van der Waals surface area contributed by atoms with Gasteiger partial charge in [-0.15, -0.1) is 10.1 Å². The zero-order valence-electron chi connectivity index (χ0n) is 7.90. The largest absolute Gasteiger partial charge is 0.480 e. The fraction of sp³-hybridized carbons (Fsp3) is 0.111. The van der Waals surface area contributed by atoms with Gasteiger partial charge in [-0.05, 0) is 5.56 Å². The molecule has 1 atom stereocenters. The summed E-state index contributed by atoms with van der Waals surface area (Å²) < 4.78 is 0. The molecule has 0 aliphatic rings. The molecule has 0 aromatic heterocycles. The van der Waals surface area contributed by atoms with Gasteiger partial charge in [-0.1, -0.05) is 30.3 Å². The lowest BCUT2D eigenvalue weighted by Crippen LogP contribution is -2.25. The molecule has 0 spiro atoms. The molecule has 0 saturated carbocycles. The van der Waals surface area contributed by atoms with Gasteiger partial charge in [0.15, 0.2) is 5.92 Å². The van der Waals surface area contributed by atoms with Crippen molar-refractivity contribution < 1.29 is 24.6 Å². The van der Waals surface area contributed by atoms with E-state index in [1.54, 1.807) is 6.07 Å². The molecule has 1 rings (SSSR count). The van der Waals surface area contributed by atoms with Crippen LogP contribution in [0.15, 0.2) is 30.3 Å². The van der Waals surface area contributed by atoms with E-state index in [9.17, 15) is 19.7 Å². The van der Waals surface area contributed by atoms with Crippen LogP contribution < -0.4 is 0 Å². The van der Waals surface area contributed by atoms with Crippen molar-refractivity contribution in [1.29, 1.82) is 0 Å². The molecular weight excluding hydrogens is 218 g/mol. The molecule has 1 aromatic rings. The Hall–Kier alpha value is -2.44. The summed E-state index contributed by atoms with van der Waals surface area (Å²) in [6.07, 6.45) is 0. The molecule has 7 nitrogen and oxygen atoms in total. The zero-order valence-corrected chi connectivity index (χ0v) is 7.90. The predicted octanol–water partition coefficient (Wildman–Crippen LogP) is 0.590. The molecule has 0 fully saturated rings. The minimum atomic E-state index is -1.69. The van der Waals surface area contributed by atoms with Crippen molar-refractivity contribution in [2.75, 3.05) is 0 Å². The van der Waals surface area contributed by atoms with E-state index < -0.39 is 22.9 Å². The Kier molecular flexibility index (Phi) is 3.54. The van der Waals surface area contributed by atoms with Crippen molar-refractivity contribution >= 4 is 11.9 Å². The fourth-order valence-electron chi connectivity index (χ4n) is 1.15. The standard InChI is InChI=1S/C9H7NO6/c11-8(12)7(9(13)16-10(14)15)6-4-2-1-3-5-6/h1-5,7H,(H,11,12). The summed E-state index contributed by atoms with van der Waals surface area (Å²) in [4.78, 5) is 35.5. The van der Waals surface area contributed by atoms with E-state index in [-0.39, 0.29) is 5.56 Å². The molecule has 0 aliphatic heterocycles. The van der Waals surface area contributed by atoms with E-state index in [2.05, 4.69) is 4.84 Å². The molecule has 84 valence electrons. The second-order valence-electron chi connectivity index (χ2n) is 2.82. The van der Waals surface area contributed by atoms with Crippen LogP contribution in [0.25, 0.3) is 0 Å². The van der Waals surface area contributed by atoms with Gasteiger partial charge < -0.3 is 5.11 Å². The number of hydrogen-bond acceptors (Lipinski definition) is 5. The number of nitrogens with zero attached hydrogens (tertiary/aromatic N) is 1. The van der Waals surface area contributed by atoms with Crippen molar-refractivity contribution in [1.82, 2.24) is 0 Å². The van der Waals surface area contributed by atoms with Crippen LogP contribution in [-0.2, 0) is 14.4 Å². The van der Waals surface area contributed by atoms with Gasteiger partial charge >= 0.3 is 17.0 Å². The van der Waals surface area contributed by atoms with E-state index in [0.717, 1.165) is 0 Å². The van der Waals surface area contributed by atoms with Crippen molar-refractivity contribution in [3.8, 4) is 0 Å². The molecule has 16 heavy (non-hydrogen) atoms. The topological polar surface area (TPSA) is 107 Å². The van der Waals surface area contributed by atoms with E-state index in [1.807, 2.05) is 0 Å². The number of carbonyl (C=O) groups excluding carboxylic acids is 1. The van der Waals surface area contributed by atoms with Crippen LogP contribution in [0.2, 0.25) is 0 Å². The van der Waals surface area contributed by atoms with E-state index in [1.165, 1.54) is 24.3 Å². The normalized spacial score (nSPS) is 11.5. The maximum Gasteiger partial charge on any atom is 0.322 e. The highest BCUT2D eigenvalue weighted by Crippen LogP contribution is 2.17. The highest BCUT2D eigenvalue weighted by Gasteiger charge is 2.30. The second kappa shape index (κ2) is 4.87. The minimum absolute atomic E-state index is 0.127. The SMILES string of the molecule is O=C(O)C(C(=O)O[N+](=O)[O-])c1ccccc1. The van der Waals surface area contributed by atoms with Crippen molar-refractivity contribution in [3.63, 3.8) is 0 Å². The summed E-state index contributed by atoms with van der Waals surface area (Å²) in [6, 6.07) is 7.41. The summed E-state index contributed by atoms with van der Waals surface area (Å²) in [5.74, 6) is -4.62. The molecule has 0 amide bonds. The maximum atomic E-state index is 11.2. The van der Waals surface area contributed by atoms with Gasteiger partial charge in [0.2, 0.25) is 0 Å². The summed E-state index contributed by atoms with van der Waals surface area (Å²) in [5, 5.41) is 17.4. The molecule has 0 bridgehead atoms. The average Bonchev–Trinajstić information content (AvgIpc) is 2.17. The van der Waals surface area contributed by atoms with E-state index >= 15 is 0 Å². The maximum absolute atomic E-state index is 11.2. The number of carboxylic acids is 1. The smallest absolute Gasteiger partial charge is 0.322 e. The lowest BCUT2D eigenvalue weighted by molar-refractivity contribution is -0.729. The van der Waals surface area contributed by atoms with Crippen LogP contribution in [0, 0.1) is 10.1 Å². The lowest BCUT2D eigenvalue weighted by Gasteiger charge is -2.08. The molecule has 1 unspecified atom stereocenters. The van der Waals surface area contributed by atoms with Gasteiger partial charge in [0.25, 0.3) is 0 Å². The Morgan fingerprint density at radius 3 is 2.31 bits per heavy atom. The van der Waals surface area contributed by atoms with E-state index in [4.69, 9.17) is 5.11 Å². The molecule has 0 saturated heterocycles. The Morgan fingerprint density at radius 1 is 1.31 bits per heavy atom. The number of aliphatic carboxylic acids is 1. The van der Waals surface area contributed by atoms with Gasteiger partial charge in [-0.2, -0.15) is 0 Å². The zero-order chi connectivity index (χ0) is 12.1. The molecule has 0 aliphatic carbocycles. The first-order chi connectivity index (χ1) is 7.52. The first-order valence-corrected chi connectivity index (χ1v) is 4.16. The molecule has 7 heteroatoms. The summed E-state index contributed by atoms with van der Waals surface area (Å²) in [7, 11) is 0. The van der Waals surface area contributed by atoms with Gasteiger partial charge in [0, 0.05) is 0 Å². The molecule has 1 aromatic carbocycles. The Morgan fingerprint density at radius 2 is 1.88 bits per heavy atom. The molecule has 0 radical (unpaired) electrons. The van der Waals surface area contributed by atoms with Gasteiger partial charge in [-0.25, -0.2) is 4.84 Å². The van der Waals surface area contributed by atoms with Crippen molar-refractivity contribution in [3.05, 3.63) is 46.0 Å². The van der Waals surface area contributed by atoms with Crippen molar-refractivity contribution in [2.24, 2.45) is 0 Å². The third kappa shape index (κ3) is 2.77. The Balaban J connectivity index is 2.97. The van der Waals surface area contributed by atoms with Crippen LogP contribution >= 0.6 is 0 Å². The fourth-order valence-corrected chi connectivity index (χ4v) is 1.15. The monoisotopic (exact) mass is 225 g/mol. The Labute approximate surface area is 89.4 Å². The third-order valence-corrected chi connectivity index (χ3v) is 1.78. The second-order valence-corrected chi connectivity index (χ2v) is 2.82. The molecular formula is C9H7NO6. The first-order valence-electron chi connectivity index (χ1n) is 4.16. The van der Waals surface area contributed by atoms with E-state index in [0.29, 0.717) is 0 Å². The first kappa shape index (κ1) is 11.6. The minimum Gasteiger partial charge on any atom is -0.480 e. The number of hydrogen-bond donors (Lipinski definition) is 1. The quantitative estimate of drug-likeness (QED) is 0.456. The number of rotatable bonds is 4. The predicted molar refractivity (Wildman–Crippen MR) is 49.9 cm³/mol. The van der Waals surface area contributed by atoms with Gasteiger partial charge in [0.1, 0.15) is 0 Å². The van der Waals surface area contributed by atoms with Gasteiger partial charge in [0.05, 0.1) is 0 Å². The summed E-state index contributed by atoms with van der Waals surface area (Å²) in [5.41, 5.74) is 0.127. The summed E-state index contributed by atoms with van der Waals surface area (Å²) >= 11 is 0. The Bertz CT molecular complexity index is 415.